The number of rotatable bonds is 8. The molecule has 1 aliphatic carbocycles. The minimum atomic E-state index is -0.197. The van der Waals surface area contributed by atoms with Gasteiger partial charge in [-0.25, -0.2) is 4.39 Å². The van der Waals surface area contributed by atoms with Gasteiger partial charge in [-0.3, -0.25) is 4.99 Å². The van der Waals surface area contributed by atoms with Crippen LogP contribution in [-0.2, 0) is 14.9 Å². The molecule has 0 atom stereocenters. The van der Waals surface area contributed by atoms with Gasteiger partial charge in [0, 0.05) is 45.4 Å². The Morgan fingerprint density at radius 2 is 1.86 bits per heavy atom. The van der Waals surface area contributed by atoms with E-state index in [0.29, 0.717) is 6.10 Å². The molecule has 162 valence electrons. The second kappa shape index (κ2) is 11.5. The van der Waals surface area contributed by atoms with Gasteiger partial charge in [0.1, 0.15) is 5.82 Å². The summed E-state index contributed by atoms with van der Waals surface area (Å²) in [6, 6.07) is 6.90. The summed E-state index contributed by atoms with van der Waals surface area (Å²) in [5.74, 6) is 0.604. The highest BCUT2D eigenvalue weighted by Crippen LogP contribution is 2.34. The molecule has 1 aromatic carbocycles. The Morgan fingerprint density at radius 3 is 2.55 bits per heavy atom. The van der Waals surface area contributed by atoms with Gasteiger partial charge in [0.05, 0.1) is 6.10 Å². The Kier molecular flexibility index (Phi) is 8.74. The zero-order valence-electron chi connectivity index (χ0n) is 17.7. The number of halogens is 1. The van der Waals surface area contributed by atoms with Crippen LogP contribution < -0.4 is 10.6 Å². The highest BCUT2D eigenvalue weighted by Gasteiger charge is 2.34. The van der Waals surface area contributed by atoms with Crippen molar-refractivity contribution < 1.29 is 13.9 Å². The smallest absolute Gasteiger partial charge is 0.191 e. The molecule has 5 nitrogen and oxygen atoms in total. The largest absolute Gasteiger partial charge is 0.381 e. The van der Waals surface area contributed by atoms with Crippen LogP contribution in [0.25, 0.3) is 0 Å². The first-order valence-corrected chi connectivity index (χ1v) is 11.1. The first-order chi connectivity index (χ1) is 14.2. The molecule has 29 heavy (non-hydrogen) atoms. The highest BCUT2D eigenvalue weighted by molar-refractivity contribution is 5.79. The maximum atomic E-state index is 13.4. The Bertz CT molecular complexity index is 624. The molecule has 1 heterocycles. The van der Waals surface area contributed by atoms with E-state index in [9.17, 15) is 4.39 Å². The van der Waals surface area contributed by atoms with E-state index >= 15 is 0 Å². The number of aliphatic imine (C=N–C) groups is 1. The average molecular weight is 406 g/mol. The van der Waals surface area contributed by atoms with E-state index in [1.54, 1.807) is 19.2 Å². The van der Waals surface area contributed by atoms with Gasteiger partial charge in [-0.1, -0.05) is 31.4 Å². The van der Waals surface area contributed by atoms with E-state index in [0.717, 1.165) is 63.7 Å². The SMILES string of the molecule is CN=C(NCCCOC1CCCCC1)NCC1(c2ccc(F)cc2)CCOCC1. The molecule has 1 aromatic rings. The third-order valence-electron chi connectivity index (χ3n) is 6.24. The van der Waals surface area contributed by atoms with Gasteiger partial charge in [0.2, 0.25) is 0 Å². The quantitative estimate of drug-likeness (QED) is 0.393. The summed E-state index contributed by atoms with van der Waals surface area (Å²) >= 11 is 0. The van der Waals surface area contributed by atoms with Crippen LogP contribution in [0.2, 0.25) is 0 Å². The van der Waals surface area contributed by atoms with Crippen molar-refractivity contribution in [1.82, 2.24) is 10.6 Å². The number of hydrogen-bond acceptors (Lipinski definition) is 3. The summed E-state index contributed by atoms with van der Waals surface area (Å²) in [6.45, 7) is 3.83. The molecule has 0 bridgehead atoms. The lowest BCUT2D eigenvalue weighted by Crippen LogP contribution is -2.48. The number of ether oxygens (including phenoxy) is 2. The highest BCUT2D eigenvalue weighted by atomic mass is 19.1. The van der Waals surface area contributed by atoms with Crippen LogP contribution in [0.4, 0.5) is 4.39 Å². The molecule has 6 heteroatoms. The second-order valence-electron chi connectivity index (χ2n) is 8.24. The Balaban J connectivity index is 1.44. The van der Waals surface area contributed by atoms with Crippen molar-refractivity contribution in [3.63, 3.8) is 0 Å². The number of guanidine groups is 1. The maximum Gasteiger partial charge on any atom is 0.191 e. The molecular formula is C23H36FN3O2. The van der Waals surface area contributed by atoms with Gasteiger partial charge in [-0.2, -0.15) is 0 Å². The van der Waals surface area contributed by atoms with Crippen molar-refractivity contribution in [3.05, 3.63) is 35.6 Å². The zero-order valence-corrected chi connectivity index (χ0v) is 17.7. The number of hydrogen-bond donors (Lipinski definition) is 2. The molecule has 0 unspecified atom stereocenters. The van der Waals surface area contributed by atoms with E-state index in [-0.39, 0.29) is 11.2 Å². The Labute approximate surface area is 174 Å². The molecule has 1 saturated carbocycles. The number of nitrogens with one attached hydrogen (secondary N) is 2. The molecule has 0 spiro atoms. The topological polar surface area (TPSA) is 54.9 Å². The summed E-state index contributed by atoms with van der Waals surface area (Å²) in [6.07, 6.45) is 9.65. The van der Waals surface area contributed by atoms with Gasteiger partial charge >= 0.3 is 0 Å². The lowest BCUT2D eigenvalue weighted by molar-refractivity contribution is 0.0276. The average Bonchev–Trinajstić information content (AvgIpc) is 2.77. The van der Waals surface area contributed by atoms with Crippen LogP contribution >= 0.6 is 0 Å². The van der Waals surface area contributed by atoms with Crippen molar-refractivity contribution in [3.8, 4) is 0 Å². The zero-order chi connectivity index (χ0) is 20.4. The number of benzene rings is 1. The summed E-state index contributed by atoms with van der Waals surface area (Å²) < 4.78 is 25.0. The molecule has 0 amide bonds. The standard InChI is InChI=1S/C23H36FN3O2/c1-25-22(26-14-5-15-29-21-6-3-2-4-7-21)27-18-23(12-16-28-17-13-23)19-8-10-20(24)11-9-19/h8-11,21H,2-7,12-18H2,1H3,(H2,25,26,27). The summed E-state index contributed by atoms with van der Waals surface area (Å²) in [4.78, 5) is 4.36. The van der Waals surface area contributed by atoms with E-state index in [1.807, 2.05) is 12.1 Å². The van der Waals surface area contributed by atoms with Gasteiger partial charge in [0.25, 0.3) is 0 Å². The minimum absolute atomic E-state index is 0.0618. The van der Waals surface area contributed by atoms with Crippen LogP contribution in [0, 0.1) is 5.82 Å². The molecule has 1 saturated heterocycles. The van der Waals surface area contributed by atoms with E-state index in [1.165, 1.54) is 32.1 Å². The van der Waals surface area contributed by atoms with Gasteiger partial charge < -0.3 is 20.1 Å². The fraction of sp³-hybridized carbons (Fsp3) is 0.696. The van der Waals surface area contributed by atoms with Crippen LogP contribution in [-0.4, -0.2) is 52.0 Å². The van der Waals surface area contributed by atoms with Crippen molar-refractivity contribution in [1.29, 1.82) is 0 Å². The van der Waals surface area contributed by atoms with Crippen LogP contribution in [0.15, 0.2) is 29.3 Å². The van der Waals surface area contributed by atoms with Crippen LogP contribution in [0.5, 0.6) is 0 Å². The molecule has 3 rings (SSSR count). The molecule has 1 aliphatic heterocycles. The van der Waals surface area contributed by atoms with Crippen molar-refractivity contribution >= 4 is 5.96 Å². The second-order valence-corrected chi connectivity index (χ2v) is 8.24. The van der Waals surface area contributed by atoms with Gasteiger partial charge in [-0.15, -0.1) is 0 Å². The van der Waals surface area contributed by atoms with Crippen molar-refractivity contribution in [2.75, 3.05) is 40.0 Å². The van der Waals surface area contributed by atoms with Crippen LogP contribution in [0.3, 0.4) is 0 Å². The molecule has 2 fully saturated rings. The molecule has 0 radical (unpaired) electrons. The van der Waals surface area contributed by atoms with Crippen molar-refractivity contribution in [2.24, 2.45) is 4.99 Å². The normalized spacial score (nSPS) is 20.4. The predicted octanol–water partition coefficient (Wildman–Crippen LogP) is 3.78. The predicted molar refractivity (Wildman–Crippen MR) is 115 cm³/mol. The maximum absolute atomic E-state index is 13.4. The van der Waals surface area contributed by atoms with Crippen LogP contribution in [0.1, 0.15) is 56.9 Å². The van der Waals surface area contributed by atoms with E-state index in [2.05, 4.69) is 15.6 Å². The van der Waals surface area contributed by atoms with Gasteiger partial charge in [-0.05, 0) is 49.8 Å². The lowest BCUT2D eigenvalue weighted by atomic mass is 9.74. The van der Waals surface area contributed by atoms with Gasteiger partial charge in [0.15, 0.2) is 5.96 Å². The lowest BCUT2D eigenvalue weighted by Gasteiger charge is -2.38. The van der Waals surface area contributed by atoms with E-state index in [4.69, 9.17) is 9.47 Å². The molecule has 2 aliphatic rings. The van der Waals surface area contributed by atoms with E-state index < -0.39 is 0 Å². The summed E-state index contributed by atoms with van der Waals surface area (Å²) in [7, 11) is 1.79. The van der Waals surface area contributed by atoms with Crippen molar-refractivity contribution in [2.45, 2.75) is 62.9 Å². The Morgan fingerprint density at radius 1 is 1.14 bits per heavy atom. The third kappa shape index (κ3) is 6.68. The summed E-state index contributed by atoms with van der Waals surface area (Å²) in [5, 5.41) is 6.87. The Hall–Kier alpha value is -1.66. The third-order valence-corrected chi connectivity index (χ3v) is 6.24. The minimum Gasteiger partial charge on any atom is -0.381 e. The number of nitrogens with zero attached hydrogens (tertiary/aromatic N) is 1. The fourth-order valence-electron chi connectivity index (χ4n) is 4.37. The monoisotopic (exact) mass is 405 g/mol. The first-order valence-electron chi connectivity index (χ1n) is 11.1. The molecule has 2 N–H and O–H groups in total. The first kappa shape index (κ1) is 22.0. The summed E-state index contributed by atoms with van der Waals surface area (Å²) in [5.41, 5.74) is 1.10. The molecule has 0 aromatic heterocycles. The molecular weight excluding hydrogens is 369 g/mol. The fourth-order valence-corrected chi connectivity index (χ4v) is 4.37.